The quantitative estimate of drug-likeness (QED) is 0.604. The Kier molecular flexibility index (Phi) is 3.29. The molecule has 8 heteroatoms. The first-order valence-electron chi connectivity index (χ1n) is 5.56. The van der Waals surface area contributed by atoms with Crippen LogP contribution in [0.5, 0.6) is 0 Å². The van der Waals surface area contributed by atoms with E-state index in [4.69, 9.17) is 4.74 Å². The van der Waals surface area contributed by atoms with E-state index in [1.165, 1.54) is 11.7 Å². The predicted octanol–water partition coefficient (Wildman–Crippen LogP) is 2.21. The van der Waals surface area contributed by atoms with E-state index in [2.05, 4.69) is 5.10 Å². The molecule has 6 nitrogen and oxygen atoms in total. The van der Waals surface area contributed by atoms with Crippen molar-refractivity contribution < 1.29 is 18.4 Å². The normalized spacial score (nSPS) is 23.6. The lowest BCUT2D eigenvalue weighted by Gasteiger charge is -2.16. The average Bonchev–Trinajstić information content (AvgIpc) is 2.56. The van der Waals surface area contributed by atoms with Crippen LogP contribution >= 0.6 is 0 Å². The van der Waals surface area contributed by atoms with Crippen molar-refractivity contribution in [2.75, 3.05) is 6.61 Å². The zero-order valence-corrected chi connectivity index (χ0v) is 9.81. The molecule has 0 radical (unpaired) electrons. The number of alkyl halides is 2. The van der Waals surface area contributed by atoms with Crippen molar-refractivity contribution in [2.45, 2.75) is 31.3 Å². The van der Waals surface area contributed by atoms with Gasteiger partial charge in [-0.3, -0.25) is 14.8 Å². The Hall–Kier alpha value is -1.57. The summed E-state index contributed by atoms with van der Waals surface area (Å²) in [6.07, 6.45) is 0.749. The highest BCUT2D eigenvalue weighted by atomic mass is 19.3. The minimum Gasteiger partial charge on any atom is -0.365 e. The van der Waals surface area contributed by atoms with Crippen LogP contribution in [0.15, 0.2) is 6.20 Å². The molecule has 1 aliphatic rings. The van der Waals surface area contributed by atoms with E-state index in [1.807, 2.05) is 0 Å². The molecule has 0 amide bonds. The van der Waals surface area contributed by atoms with Gasteiger partial charge in [0.05, 0.1) is 4.92 Å². The van der Waals surface area contributed by atoms with Gasteiger partial charge in [0.1, 0.15) is 24.6 Å². The lowest BCUT2D eigenvalue weighted by molar-refractivity contribution is -0.386. The fourth-order valence-corrected chi connectivity index (χ4v) is 2.09. The van der Waals surface area contributed by atoms with Crippen molar-refractivity contribution in [3.63, 3.8) is 0 Å². The maximum atomic E-state index is 13.2. The molecule has 0 spiro atoms. The van der Waals surface area contributed by atoms with E-state index in [9.17, 15) is 18.9 Å². The van der Waals surface area contributed by atoms with Crippen LogP contribution in [0.25, 0.3) is 0 Å². The Morgan fingerprint density at radius 3 is 3.06 bits per heavy atom. The van der Waals surface area contributed by atoms with Gasteiger partial charge in [0.25, 0.3) is 5.92 Å². The minimum absolute atomic E-state index is 0.187. The minimum atomic E-state index is -2.86. The molecule has 1 saturated heterocycles. The van der Waals surface area contributed by atoms with E-state index in [0.717, 1.165) is 6.20 Å². The van der Waals surface area contributed by atoms with Gasteiger partial charge in [-0.1, -0.05) is 0 Å². The number of ether oxygens (including phenoxy) is 1. The summed E-state index contributed by atoms with van der Waals surface area (Å²) in [4.78, 5) is 10.3. The van der Waals surface area contributed by atoms with Gasteiger partial charge in [-0.05, 0) is 12.8 Å². The Morgan fingerprint density at radius 2 is 2.39 bits per heavy atom. The number of rotatable bonds is 2. The zero-order chi connectivity index (χ0) is 13.3. The van der Waals surface area contributed by atoms with Gasteiger partial charge in [0.15, 0.2) is 0 Å². The van der Waals surface area contributed by atoms with Crippen molar-refractivity contribution >= 4 is 5.69 Å². The van der Waals surface area contributed by atoms with Crippen molar-refractivity contribution in [3.05, 3.63) is 22.0 Å². The molecule has 0 aliphatic carbocycles. The maximum Gasteiger partial charge on any atom is 0.312 e. The van der Waals surface area contributed by atoms with Crippen LogP contribution in [0.2, 0.25) is 0 Å². The predicted molar refractivity (Wildman–Crippen MR) is 57.4 cm³/mol. The summed E-state index contributed by atoms with van der Waals surface area (Å²) in [5, 5.41) is 14.6. The highest BCUT2D eigenvalue weighted by Crippen LogP contribution is 2.36. The molecule has 18 heavy (non-hydrogen) atoms. The summed E-state index contributed by atoms with van der Waals surface area (Å²) < 4.78 is 32.7. The summed E-state index contributed by atoms with van der Waals surface area (Å²) in [7, 11) is 1.54. The molecule has 0 N–H and O–H groups in total. The number of hydrogen-bond donors (Lipinski definition) is 0. The molecule has 0 aromatic carbocycles. The number of halogens is 2. The number of aromatic nitrogens is 2. The SMILES string of the molecule is Cn1ncc([N+](=O)[O-])c1[C@H]1CCCC(F)(F)CO1. The first kappa shape index (κ1) is 12.9. The molecular formula is C10H13F2N3O3. The third kappa shape index (κ3) is 2.47. The van der Waals surface area contributed by atoms with Crippen LogP contribution < -0.4 is 0 Å². The van der Waals surface area contributed by atoms with Crippen LogP contribution in [-0.2, 0) is 11.8 Å². The maximum absolute atomic E-state index is 13.2. The second kappa shape index (κ2) is 4.60. The topological polar surface area (TPSA) is 70.2 Å². The fourth-order valence-electron chi connectivity index (χ4n) is 2.09. The van der Waals surface area contributed by atoms with Crippen molar-refractivity contribution in [1.29, 1.82) is 0 Å². The Morgan fingerprint density at radius 1 is 1.67 bits per heavy atom. The van der Waals surface area contributed by atoms with E-state index in [-0.39, 0.29) is 24.2 Å². The molecule has 1 atom stereocenters. The summed E-state index contributed by atoms with van der Waals surface area (Å²) >= 11 is 0. The van der Waals surface area contributed by atoms with Gasteiger partial charge in [-0.2, -0.15) is 5.10 Å². The van der Waals surface area contributed by atoms with Crippen LogP contribution in [-0.4, -0.2) is 27.2 Å². The summed E-state index contributed by atoms with van der Waals surface area (Å²) in [5.41, 5.74) is 0.0606. The smallest absolute Gasteiger partial charge is 0.312 e. The molecular weight excluding hydrogens is 248 g/mol. The summed E-state index contributed by atoms with van der Waals surface area (Å²) in [6.45, 7) is -0.708. The molecule has 0 unspecified atom stereocenters. The number of aryl methyl sites for hydroxylation is 1. The van der Waals surface area contributed by atoms with E-state index in [1.54, 1.807) is 0 Å². The molecule has 1 aliphatic heterocycles. The standard InChI is InChI=1S/C10H13F2N3O3/c1-14-9(7(5-13-14)15(16)17)8-3-2-4-10(11,12)6-18-8/h5,8H,2-4,6H2,1H3/t8-/m1/s1. The monoisotopic (exact) mass is 261 g/mol. The Bertz CT molecular complexity index is 461. The molecule has 1 fully saturated rings. The van der Waals surface area contributed by atoms with Gasteiger partial charge in [-0.15, -0.1) is 0 Å². The highest BCUT2D eigenvalue weighted by Gasteiger charge is 2.37. The van der Waals surface area contributed by atoms with Gasteiger partial charge in [0, 0.05) is 13.5 Å². The second-order valence-corrected chi connectivity index (χ2v) is 4.34. The molecule has 0 saturated carbocycles. The Labute approximate surface area is 102 Å². The van der Waals surface area contributed by atoms with Gasteiger partial charge < -0.3 is 4.74 Å². The third-order valence-corrected chi connectivity index (χ3v) is 2.97. The van der Waals surface area contributed by atoms with E-state index in [0.29, 0.717) is 6.42 Å². The van der Waals surface area contributed by atoms with Crippen LogP contribution in [0.1, 0.15) is 31.1 Å². The summed E-state index contributed by atoms with van der Waals surface area (Å²) in [5.74, 6) is -2.86. The second-order valence-electron chi connectivity index (χ2n) is 4.34. The molecule has 2 rings (SSSR count). The number of nitro groups is 1. The number of nitrogens with zero attached hydrogens (tertiary/aromatic N) is 3. The van der Waals surface area contributed by atoms with Gasteiger partial charge in [0.2, 0.25) is 0 Å². The molecule has 100 valence electrons. The first-order chi connectivity index (χ1) is 8.41. The molecule has 1 aromatic rings. The number of hydrogen-bond acceptors (Lipinski definition) is 4. The van der Waals surface area contributed by atoms with Crippen LogP contribution in [0.3, 0.4) is 0 Å². The average molecular weight is 261 g/mol. The van der Waals surface area contributed by atoms with Gasteiger partial charge >= 0.3 is 5.69 Å². The van der Waals surface area contributed by atoms with Crippen molar-refractivity contribution in [2.24, 2.45) is 7.05 Å². The van der Waals surface area contributed by atoms with E-state index < -0.39 is 23.6 Å². The lowest BCUT2D eigenvalue weighted by Crippen LogP contribution is -2.22. The van der Waals surface area contributed by atoms with E-state index >= 15 is 0 Å². The largest absolute Gasteiger partial charge is 0.365 e. The first-order valence-corrected chi connectivity index (χ1v) is 5.56. The zero-order valence-electron chi connectivity index (χ0n) is 9.81. The fraction of sp³-hybridized carbons (Fsp3) is 0.700. The van der Waals surface area contributed by atoms with Crippen LogP contribution in [0.4, 0.5) is 14.5 Å². The lowest BCUT2D eigenvalue weighted by atomic mass is 10.1. The van der Waals surface area contributed by atoms with Gasteiger partial charge in [-0.25, -0.2) is 8.78 Å². The van der Waals surface area contributed by atoms with Crippen molar-refractivity contribution in [1.82, 2.24) is 9.78 Å². The third-order valence-electron chi connectivity index (χ3n) is 2.97. The molecule has 0 bridgehead atoms. The molecule has 1 aromatic heterocycles. The highest BCUT2D eigenvalue weighted by molar-refractivity contribution is 5.34. The Balaban J connectivity index is 2.26. The van der Waals surface area contributed by atoms with Crippen molar-refractivity contribution in [3.8, 4) is 0 Å². The molecule has 2 heterocycles. The summed E-state index contributed by atoms with van der Waals surface area (Å²) in [6, 6.07) is 0. The van der Waals surface area contributed by atoms with Crippen LogP contribution in [0, 0.1) is 10.1 Å².